The Labute approximate surface area is 75.8 Å². The molecular formula is C11H20O. The van der Waals surface area contributed by atoms with Gasteiger partial charge in [-0.25, -0.2) is 0 Å². The number of hydrogen-bond donors (Lipinski definition) is 0. The molecule has 1 aliphatic carbocycles. The van der Waals surface area contributed by atoms with Gasteiger partial charge in [0, 0.05) is 0 Å². The van der Waals surface area contributed by atoms with E-state index in [4.69, 9.17) is 4.74 Å². The highest BCUT2D eigenvalue weighted by atomic mass is 16.5. The highest BCUT2D eigenvalue weighted by Crippen LogP contribution is 2.30. The van der Waals surface area contributed by atoms with Crippen molar-refractivity contribution in [3.05, 3.63) is 12.8 Å². The summed E-state index contributed by atoms with van der Waals surface area (Å²) in [5.41, 5.74) is 0. The average Bonchev–Trinajstić information content (AvgIpc) is 2.15. The van der Waals surface area contributed by atoms with Gasteiger partial charge in [0.2, 0.25) is 0 Å². The Balaban J connectivity index is 2.12. The molecule has 1 heteroatoms. The van der Waals surface area contributed by atoms with Gasteiger partial charge in [0.1, 0.15) is 0 Å². The third-order valence-corrected chi connectivity index (χ3v) is 2.99. The van der Waals surface area contributed by atoms with Crippen LogP contribution in [0.5, 0.6) is 0 Å². The van der Waals surface area contributed by atoms with Crippen LogP contribution in [-0.2, 0) is 4.74 Å². The lowest BCUT2D eigenvalue weighted by Crippen LogP contribution is -2.17. The Morgan fingerprint density at radius 2 is 1.83 bits per heavy atom. The van der Waals surface area contributed by atoms with E-state index in [9.17, 15) is 0 Å². The van der Waals surface area contributed by atoms with E-state index in [1.54, 1.807) is 6.26 Å². The van der Waals surface area contributed by atoms with Crippen LogP contribution in [-0.4, -0.2) is 6.61 Å². The Morgan fingerprint density at radius 1 is 1.25 bits per heavy atom. The Morgan fingerprint density at radius 3 is 2.33 bits per heavy atom. The smallest absolute Gasteiger partial charge is 0.0901 e. The van der Waals surface area contributed by atoms with E-state index < -0.39 is 0 Å². The second-order valence-corrected chi connectivity index (χ2v) is 3.79. The molecule has 0 heterocycles. The first-order chi connectivity index (χ1) is 5.86. The minimum atomic E-state index is 0.797. The van der Waals surface area contributed by atoms with Gasteiger partial charge in [0.15, 0.2) is 0 Å². The highest BCUT2D eigenvalue weighted by Gasteiger charge is 2.19. The predicted octanol–water partition coefficient (Wildman–Crippen LogP) is 3.36. The van der Waals surface area contributed by atoms with Crippen molar-refractivity contribution in [3.8, 4) is 0 Å². The third kappa shape index (κ3) is 2.88. The highest BCUT2D eigenvalue weighted by molar-refractivity contribution is 4.71. The van der Waals surface area contributed by atoms with Crippen LogP contribution in [0, 0.1) is 11.8 Å². The first-order valence-electron chi connectivity index (χ1n) is 5.09. The van der Waals surface area contributed by atoms with Crippen LogP contribution in [0.15, 0.2) is 12.8 Å². The van der Waals surface area contributed by atoms with Crippen molar-refractivity contribution in [1.82, 2.24) is 0 Å². The molecule has 0 aromatic heterocycles. The second kappa shape index (κ2) is 5.23. The maximum atomic E-state index is 5.21. The largest absolute Gasteiger partial charge is 0.502 e. The van der Waals surface area contributed by atoms with Crippen LogP contribution in [0.2, 0.25) is 0 Å². The van der Waals surface area contributed by atoms with Crippen LogP contribution in [0.3, 0.4) is 0 Å². The molecular weight excluding hydrogens is 148 g/mol. The molecule has 0 aromatic rings. The first-order valence-corrected chi connectivity index (χ1v) is 5.09. The molecule has 0 amide bonds. The maximum Gasteiger partial charge on any atom is 0.0901 e. The van der Waals surface area contributed by atoms with Gasteiger partial charge >= 0.3 is 0 Å². The summed E-state index contributed by atoms with van der Waals surface area (Å²) in [4.78, 5) is 0. The summed E-state index contributed by atoms with van der Waals surface area (Å²) >= 11 is 0. The molecule has 0 N–H and O–H groups in total. The fourth-order valence-corrected chi connectivity index (χ4v) is 2.01. The van der Waals surface area contributed by atoms with E-state index in [1.165, 1.54) is 32.1 Å². The van der Waals surface area contributed by atoms with Crippen molar-refractivity contribution in [2.75, 3.05) is 6.61 Å². The molecule has 0 aliphatic heterocycles. The molecule has 0 aromatic carbocycles. The summed E-state index contributed by atoms with van der Waals surface area (Å²) in [6.45, 7) is 6.74. The van der Waals surface area contributed by atoms with Crippen molar-refractivity contribution in [2.45, 2.75) is 39.0 Å². The number of hydrogen-bond acceptors (Lipinski definition) is 1. The normalized spacial score (nSPS) is 29.8. The standard InChI is InChI=1S/C11H20O/c1-3-10-5-7-11(8-6-10)9-12-4-2/h4,10-11H,2-3,5-9H2,1H3. The fourth-order valence-electron chi connectivity index (χ4n) is 2.01. The van der Waals surface area contributed by atoms with E-state index >= 15 is 0 Å². The predicted molar refractivity (Wildman–Crippen MR) is 51.9 cm³/mol. The molecule has 1 saturated carbocycles. The summed E-state index contributed by atoms with van der Waals surface area (Å²) in [5.74, 6) is 1.79. The topological polar surface area (TPSA) is 9.23 Å². The zero-order valence-electron chi connectivity index (χ0n) is 8.09. The van der Waals surface area contributed by atoms with E-state index in [0.29, 0.717) is 0 Å². The zero-order valence-corrected chi connectivity index (χ0v) is 8.09. The third-order valence-electron chi connectivity index (χ3n) is 2.99. The summed E-state index contributed by atoms with van der Waals surface area (Å²) in [5, 5.41) is 0. The Kier molecular flexibility index (Phi) is 4.20. The SMILES string of the molecule is C=COCC1CCC(CC)CC1. The molecule has 0 spiro atoms. The van der Waals surface area contributed by atoms with Crippen molar-refractivity contribution in [3.63, 3.8) is 0 Å². The molecule has 0 atom stereocenters. The van der Waals surface area contributed by atoms with E-state index in [2.05, 4.69) is 13.5 Å². The van der Waals surface area contributed by atoms with Gasteiger partial charge < -0.3 is 4.74 Å². The minimum Gasteiger partial charge on any atom is -0.502 e. The Bertz CT molecular complexity index is 123. The molecule has 1 rings (SSSR count). The molecule has 1 nitrogen and oxygen atoms in total. The molecule has 0 radical (unpaired) electrons. The summed E-state index contributed by atoms with van der Waals surface area (Å²) in [7, 11) is 0. The van der Waals surface area contributed by atoms with E-state index in [-0.39, 0.29) is 0 Å². The van der Waals surface area contributed by atoms with Crippen molar-refractivity contribution < 1.29 is 4.74 Å². The van der Waals surface area contributed by atoms with Crippen molar-refractivity contribution in [1.29, 1.82) is 0 Å². The van der Waals surface area contributed by atoms with Crippen LogP contribution in [0.4, 0.5) is 0 Å². The Hall–Kier alpha value is -0.460. The van der Waals surface area contributed by atoms with Gasteiger partial charge in [-0.2, -0.15) is 0 Å². The molecule has 1 fully saturated rings. The van der Waals surface area contributed by atoms with Crippen molar-refractivity contribution in [2.24, 2.45) is 11.8 Å². The molecule has 12 heavy (non-hydrogen) atoms. The van der Waals surface area contributed by atoms with Crippen molar-refractivity contribution >= 4 is 0 Å². The first kappa shape index (κ1) is 9.63. The molecule has 0 unspecified atom stereocenters. The van der Waals surface area contributed by atoms with Gasteiger partial charge in [0.25, 0.3) is 0 Å². The van der Waals surface area contributed by atoms with Crippen LogP contribution in [0.1, 0.15) is 39.0 Å². The average molecular weight is 168 g/mol. The lowest BCUT2D eigenvalue weighted by Gasteiger charge is -2.27. The molecule has 0 bridgehead atoms. The van der Waals surface area contributed by atoms with Gasteiger partial charge in [-0.1, -0.05) is 32.8 Å². The maximum absolute atomic E-state index is 5.21. The van der Waals surface area contributed by atoms with Gasteiger partial charge in [-0.3, -0.25) is 0 Å². The lowest BCUT2D eigenvalue weighted by molar-refractivity contribution is 0.148. The molecule has 1 aliphatic rings. The summed E-state index contributed by atoms with van der Waals surface area (Å²) in [6.07, 6.45) is 8.43. The molecule has 0 saturated heterocycles. The van der Waals surface area contributed by atoms with Crippen LogP contribution >= 0.6 is 0 Å². The lowest BCUT2D eigenvalue weighted by atomic mass is 9.81. The second-order valence-electron chi connectivity index (χ2n) is 3.79. The monoisotopic (exact) mass is 168 g/mol. The molecule has 70 valence electrons. The van der Waals surface area contributed by atoms with Gasteiger partial charge in [-0.15, -0.1) is 0 Å². The summed E-state index contributed by atoms with van der Waals surface area (Å²) in [6, 6.07) is 0. The number of rotatable bonds is 4. The number of ether oxygens (including phenoxy) is 1. The van der Waals surface area contributed by atoms with E-state index in [1.807, 2.05) is 0 Å². The van der Waals surface area contributed by atoms with Gasteiger partial charge in [-0.05, 0) is 24.7 Å². The summed E-state index contributed by atoms with van der Waals surface area (Å²) < 4.78 is 5.21. The quantitative estimate of drug-likeness (QED) is 0.585. The van der Waals surface area contributed by atoms with Gasteiger partial charge in [0.05, 0.1) is 12.9 Å². The van der Waals surface area contributed by atoms with E-state index in [0.717, 1.165) is 18.4 Å². The minimum absolute atomic E-state index is 0.797. The zero-order chi connectivity index (χ0) is 8.81. The fraction of sp³-hybridized carbons (Fsp3) is 0.818. The van der Waals surface area contributed by atoms with Crippen LogP contribution in [0.25, 0.3) is 0 Å². The van der Waals surface area contributed by atoms with Crippen LogP contribution < -0.4 is 0 Å².